The molecule has 0 aromatic heterocycles. The lowest BCUT2D eigenvalue weighted by atomic mass is 9.89. The van der Waals surface area contributed by atoms with Gasteiger partial charge < -0.3 is 18.7 Å². The number of aliphatic hydroxyl groups excluding tert-OH is 1. The van der Waals surface area contributed by atoms with Crippen LogP contribution in [0.15, 0.2) is 53.0 Å². The van der Waals surface area contributed by atoms with Crippen LogP contribution >= 0.6 is 15.9 Å². The standard InChI is InChI=1S/C38H65BrO5Si2/c1-28(2)42-36(41)18-16-14-13-15-17-32-33(26-25-31(40)24-21-29-19-22-30(39)23-20-29)35(44-46(11,12)38(6,7)8)27-34(32)43-45(9,10)37(3,4)5/h13,15,19-20,22-23,25-26,28,31-35,40H,14,16-18,21,24,27H2,1-12H3/b15-13-,26-25+/t31-,32-,33-,34+,35-/m1/s1. The summed E-state index contributed by atoms with van der Waals surface area (Å²) in [6, 6.07) is 8.33. The van der Waals surface area contributed by atoms with E-state index in [-0.39, 0.29) is 46.2 Å². The van der Waals surface area contributed by atoms with E-state index in [1.54, 1.807) is 0 Å². The molecule has 0 amide bonds. The molecule has 1 aliphatic rings. The first kappa shape index (κ1) is 41.1. The first-order valence-corrected chi connectivity index (χ1v) is 24.0. The van der Waals surface area contributed by atoms with Crippen LogP contribution in [0.5, 0.6) is 0 Å². The van der Waals surface area contributed by atoms with E-state index in [2.05, 4.69) is 126 Å². The van der Waals surface area contributed by atoms with Crippen molar-refractivity contribution in [1.82, 2.24) is 0 Å². The molecule has 0 bridgehead atoms. The van der Waals surface area contributed by atoms with E-state index < -0.39 is 22.7 Å². The van der Waals surface area contributed by atoms with E-state index >= 15 is 0 Å². The molecule has 1 aromatic carbocycles. The fraction of sp³-hybridized carbons (Fsp3) is 0.711. The van der Waals surface area contributed by atoms with Crippen molar-refractivity contribution in [2.75, 3.05) is 0 Å². The maximum Gasteiger partial charge on any atom is 0.306 e. The molecule has 1 saturated carbocycles. The molecule has 5 nitrogen and oxygen atoms in total. The van der Waals surface area contributed by atoms with Gasteiger partial charge in [0, 0.05) is 16.8 Å². The van der Waals surface area contributed by atoms with Gasteiger partial charge in [-0.05, 0) is 112 Å². The van der Waals surface area contributed by atoms with Crippen molar-refractivity contribution in [1.29, 1.82) is 0 Å². The van der Waals surface area contributed by atoms with Crippen molar-refractivity contribution in [3.63, 3.8) is 0 Å². The van der Waals surface area contributed by atoms with Gasteiger partial charge in [0.2, 0.25) is 0 Å². The maximum atomic E-state index is 12.0. The normalized spacial score (nSPS) is 22.3. The second kappa shape index (κ2) is 17.6. The Bertz CT molecular complexity index is 1130. The number of hydrogen-bond donors (Lipinski definition) is 1. The smallest absolute Gasteiger partial charge is 0.306 e. The summed E-state index contributed by atoms with van der Waals surface area (Å²) in [6.07, 6.45) is 13.6. The lowest BCUT2D eigenvalue weighted by Gasteiger charge is -2.40. The molecule has 0 spiro atoms. The molecular weight excluding hydrogens is 672 g/mol. The van der Waals surface area contributed by atoms with E-state index in [0.29, 0.717) is 12.8 Å². The van der Waals surface area contributed by atoms with Crippen LogP contribution in [0.4, 0.5) is 0 Å². The largest absolute Gasteiger partial charge is 0.463 e. The van der Waals surface area contributed by atoms with E-state index in [1.807, 2.05) is 19.9 Å². The van der Waals surface area contributed by atoms with Crippen molar-refractivity contribution in [2.45, 2.75) is 161 Å². The molecule has 0 radical (unpaired) electrons. The quantitative estimate of drug-likeness (QED) is 0.0792. The fourth-order valence-electron chi connectivity index (χ4n) is 5.41. The molecule has 262 valence electrons. The first-order valence-electron chi connectivity index (χ1n) is 17.4. The highest BCUT2D eigenvalue weighted by atomic mass is 79.9. The predicted molar refractivity (Wildman–Crippen MR) is 202 cm³/mol. The number of carbonyl (C=O) groups excluding carboxylic acids is 1. The lowest BCUT2D eigenvalue weighted by molar-refractivity contribution is -0.147. The van der Waals surface area contributed by atoms with Gasteiger partial charge in [0.05, 0.1) is 24.4 Å². The zero-order chi connectivity index (χ0) is 34.9. The minimum Gasteiger partial charge on any atom is -0.463 e. The highest BCUT2D eigenvalue weighted by molar-refractivity contribution is 9.10. The van der Waals surface area contributed by atoms with Gasteiger partial charge in [-0.2, -0.15) is 0 Å². The van der Waals surface area contributed by atoms with E-state index in [9.17, 15) is 9.90 Å². The Hall–Kier alpha value is -1.04. The Balaban J connectivity index is 2.32. The monoisotopic (exact) mass is 736 g/mol. The predicted octanol–water partition coefficient (Wildman–Crippen LogP) is 10.8. The Morgan fingerprint density at radius 2 is 1.52 bits per heavy atom. The fourth-order valence-corrected chi connectivity index (χ4v) is 8.42. The number of aliphatic hydroxyl groups is 1. The summed E-state index contributed by atoms with van der Waals surface area (Å²) in [7, 11) is -4.11. The minimum absolute atomic E-state index is 0.0368. The molecule has 0 unspecified atom stereocenters. The molecule has 5 atom stereocenters. The van der Waals surface area contributed by atoms with Crippen molar-refractivity contribution in [3.05, 3.63) is 58.6 Å². The number of ether oxygens (including phenoxy) is 1. The summed E-state index contributed by atoms with van der Waals surface area (Å²) in [4.78, 5) is 12.0. The average Bonchev–Trinajstić information content (AvgIpc) is 3.21. The van der Waals surface area contributed by atoms with Crippen molar-refractivity contribution < 1.29 is 23.5 Å². The molecular formula is C38H65BrO5Si2. The molecule has 8 heteroatoms. The number of halogens is 1. The third kappa shape index (κ3) is 13.1. The number of allylic oxidation sites excluding steroid dienone is 2. The van der Waals surface area contributed by atoms with Gasteiger partial charge in [-0.15, -0.1) is 0 Å². The molecule has 1 aromatic rings. The van der Waals surface area contributed by atoms with Crippen LogP contribution in [-0.2, 0) is 24.8 Å². The topological polar surface area (TPSA) is 65.0 Å². The van der Waals surface area contributed by atoms with Gasteiger partial charge in [-0.3, -0.25) is 4.79 Å². The first-order chi connectivity index (χ1) is 21.1. The van der Waals surface area contributed by atoms with Crippen molar-refractivity contribution in [3.8, 4) is 0 Å². The van der Waals surface area contributed by atoms with Crippen LogP contribution in [0, 0.1) is 11.8 Å². The SMILES string of the molecule is CC(C)OC(=O)CCC/C=C\C[C@@H]1[C@@H](/C=C/[C@H](O)CCc2ccc(Br)cc2)[C@H](O[Si](C)(C)C(C)(C)C)C[C@@H]1O[Si](C)(C)C(C)(C)C. The van der Waals surface area contributed by atoms with Gasteiger partial charge in [0.25, 0.3) is 0 Å². The molecule has 1 aliphatic carbocycles. The van der Waals surface area contributed by atoms with Crippen LogP contribution in [0.2, 0.25) is 36.3 Å². The van der Waals surface area contributed by atoms with E-state index in [1.165, 1.54) is 5.56 Å². The van der Waals surface area contributed by atoms with E-state index in [0.717, 1.165) is 36.6 Å². The Morgan fingerprint density at radius 1 is 0.957 bits per heavy atom. The van der Waals surface area contributed by atoms with Crippen molar-refractivity contribution >= 4 is 38.5 Å². The van der Waals surface area contributed by atoms with Gasteiger partial charge in [-0.1, -0.05) is 93.9 Å². The highest BCUT2D eigenvalue weighted by Crippen LogP contribution is 2.48. The van der Waals surface area contributed by atoms with E-state index in [4.69, 9.17) is 13.6 Å². The zero-order valence-electron chi connectivity index (χ0n) is 31.0. The van der Waals surface area contributed by atoms with Gasteiger partial charge in [0.1, 0.15) is 0 Å². The third-order valence-electron chi connectivity index (χ3n) is 10.3. The molecule has 2 rings (SSSR count). The third-order valence-corrected chi connectivity index (χ3v) is 19.8. The molecule has 1 N–H and O–H groups in total. The molecule has 0 saturated heterocycles. The Morgan fingerprint density at radius 3 is 2.07 bits per heavy atom. The number of rotatable bonds is 16. The number of benzene rings is 1. The van der Waals surface area contributed by atoms with Gasteiger partial charge in [0.15, 0.2) is 16.6 Å². The highest BCUT2D eigenvalue weighted by Gasteiger charge is 2.50. The second-order valence-electron chi connectivity index (χ2n) is 16.6. The average molecular weight is 738 g/mol. The van der Waals surface area contributed by atoms with Crippen LogP contribution in [0.3, 0.4) is 0 Å². The Kier molecular flexibility index (Phi) is 15.7. The number of unbranched alkanes of at least 4 members (excludes halogenated alkanes) is 1. The Labute approximate surface area is 292 Å². The summed E-state index contributed by atoms with van der Waals surface area (Å²) >= 11 is 3.51. The van der Waals surface area contributed by atoms with Gasteiger partial charge >= 0.3 is 5.97 Å². The van der Waals surface area contributed by atoms with Crippen molar-refractivity contribution in [2.24, 2.45) is 11.8 Å². The molecule has 1 fully saturated rings. The second-order valence-corrected chi connectivity index (χ2v) is 27.0. The molecule has 46 heavy (non-hydrogen) atoms. The number of esters is 1. The summed E-state index contributed by atoms with van der Waals surface area (Å²) in [6.45, 7) is 26.9. The van der Waals surface area contributed by atoms with Crippen LogP contribution in [0.25, 0.3) is 0 Å². The molecule has 0 aliphatic heterocycles. The van der Waals surface area contributed by atoms with Gasteiger partial charge in [-0.25, -0.2) is 0 Å². The molecule has 0 heterocycles. The number of carbonyl (C=O) groups is 1. The summed E-state index contributed by atoms with van der Waals surface area (Å²) in [5, 5.41) is 11.3. The summed E-state index contributed by atoms with van der Waals surface area (Å²) in [5.41, 5.74) is 1.22. The van der Waals surface area contributed by atoms with Crippen LogP contribution in [-0.4, -0.2) is 52.1 Å². The minimum atomic E-state index is -2.06. The number of hydrogen-bond acceptors (Lipinski definition) is 5. The number of aryl methyl sites for hydroxylation is 1. The van der Waals surface area contributed by atoms with Crippen LogP contribution < -0.4 is 0 Å². The zero-order valence-corrected chi connectivity index (χ0v) is 34.6. The maximum absolute atomic E-state index is 12.0. The lowest BCUT2D eigenvalue weighted by Crippen LogP contribution is -2.45. The summed E-state index contributed by atoms with van der Waals surface area (Å²) in [5.74, 6) is 0.245. The summed E-state index contributed by atoms with van der Waals surface area (Å²) < 4.78 is 20.7. The van der Waals surface area contributed by atoms with Crippen LogP contribution in [0.1, 0.15) is 99.5 Å².